The van der Waals surface area contributed by atoms with Gasteiger partial charge in [0.1, 0.15) is 12.7 Å². The Balaban J connectivity index is 1.67. The van der Waals surface area contributed by atoms with Crippen LogP contribution in [0.15, 0.2) is 41.8 Å². The molecule has 8 nitrogen and oxygen atoms in total. The van der Waals surface area contributed by atoms with Crippen molar-refractivity contribution in [3.8, 4) is 0 Å². The highest BCUT2D eigenvalue weighted by molar-refractivity contribution is 7.89. The minimum Gasteiger partial charge on any atom is -0.481 e. The highest BCUT2D eigenvalue weighted by atomic mass is 32.2. The monoisotopic (exact) mass is 376 g/mol. The molecule has 4 rings (SSSR count). The average molecular weight is 376 g/mol. The number of sulfonamides is 1. The van der Waals surface area contributed by atoms with E-state index < -0.39 is 21.4 Å². The fourth-order valence-corrected chi connectivity index (χ4v) is 6.06. The maximum Gasteiger partial charge on any atom is 0.311 e. The molecule has 1 aromatic heterocycles. The number of aromatic nitrogens is 3. The molecule has 0 spiro atoms. The van der Waals surface area contributed by atoms with E-state index in [1.54, 1.807) is 28.9 Å². The number of carbonyl (C=O) groups is 1. The second-order valence-electron chi connectivity index (χ2n) is 7.05. The summed E-state index contributed by atoms with van der Waals surface area (Å²) in [5.41, 5.74) is -0.326. The van der Waals surface area contributed by atoms with Gasteiger partial charge in [0.05, 0.1) is 16.9 Å². The number of aliphatic carboxylic acids is 1. The van der Waals surface area contributed by atoms with Crippen molar-refractivity contribution in [2.24, 2.45) is 11.3 Å². The topological polar surface area (TPSA) is 105 Å². The summed E-state index contributed by atoms with van der Waals surface area (Å²) in [5.74, 6) is -0.995. The van der Waals surface area contributed by atoms with Crippen molar-refractivity contribution in [2.75, 3.05) is 13.1 Å². The van der Waals surface area contributed by atoms with E-state index in [1.807, 2.05) is 0 Å². The molecule has 0 unspecified atom stereocenters. The van der Waals surface area contributed by atoms with Crippen molar-refractivity contribution in [3.05, 3.63) is 42.5 Å². The molecule has 2 atom stereocenters. The minimum absolute atomic E-state index is 0.0486. The van der Waals surface area contributed by atoms with Gasteiger partial charge in [-0.25, -0.2) is 18.1 Å². The number of fused-ring (bicyclic) bond motifs is 1. The summed E-state index contributed by atoms with van der Waals surface area (Å²) in [6.45, 7) is 0.607. The highest BCUT2D eigenvalue weighted by Crippen LogP contribution is 2.50. The number of nitrogens with zero attached hydrogens (tertiary/aromatic N) is 4. The molecule has 2 aliphatic rings. The van der Waals surface area contributed by atoms with Crippen LogP contribution in [0.1, 0.15) is 24.8 Å². The molecule has 0 radical (unpaired) electrons. The van der Waals surface area contributed by atoms with E-state index in [4.69, 9.17) is 0 Å². The number of hydrogen-bond donors (Lipinski definition) is 1. The molecule has 138 valence electrons. The smallest absolute Gasteiger partial charge is 0.311 e. The Hall–Kier alpha value is -2.26. The van der Waals surface area contributed by atoms with Gasteiger partial charge in [0.2, 0.25) is 10.0 Å². The van der Waals surface area contributed by atoms with E-state index >= 15 is 0 Å². The summed E-state index contributed by atoms with van der Waals surface area (Å²) in [4.78, 5) is 15.9. The molecule has 1 saturated heterocycles. The third-order valence-electron chi connectivity index (χ3n) is 5.65. The highest BCUT2D eigenvalue weighted by Gasteiger charge is 2.57. The molecular weight excluding hydrogens is 356 g/mol. The molecule has 1 aromatic carbocycles. The van der Waals surface area contributed by atoms with E-state index in [9.17, 15) is 18.3 Å². The Morgan fingerprint density at radius 1 is 1.35 bits per heavy atom. The van der Waals surface area contributed by atoms with Gasteiger partial charge in [0.15, 0.2) is 0 Å². The molecule has 1 aliphatic carbocycles. The lowest BCUT2D eigenvalue weighted by molar-refractivity contribution is -0.149. The third kappa shape index (κ3) is 2.62. The van der Waals surface area contributed by atoms with Gasteiger partial charge < -0.3 is 5.11 Å². The first-order chi connectivity index (χ1) is 12.4. The molecule has 2 heterocycles. The lowest BCUT2D eigenvalue weighted by Gasteiger charge is -2.23. The van der Waals surface area contributed by atoms with Gasteiger partial charge in [-0.1, -0.05) is 24.6 Å². The first-order valence-corrected chi connectivity index (χ1v) is 10.0. The molecule has 26 heavy (non-hydrogen) atoms. The number of rotatable bonds is 5. The zero-order valence-corrected chi connectivity index (χ0v) is 15.0. The Morgan fingerprint density at radius 2 is 2.15 bits per heavy atom. The van der Waals surface area contributed by atoms with Crippen LogP contribution in [-0.2, 0) is 21.4 Å². The van der Waals surface area contributed by atoms with Crippen molar-refractivity contribution in [3.63, 3.8) is 0 Å². The Kier molecular flexibility index (Phi) is 4.07. The van der Waals surface area contributed by atoms with Gasteiger partial charge in [0, 0.05) is 13.1 Å². The zero-order chi connectivity index (χ0) is 18.4. The summed E-state index contributed by atoms with van der Waals surface area (Å²) in [5, 5.41) is 13.7. The predicted octanol–water partition coefficient (Wildman–Crippen LogP) is 1.20. The molecule has 0 amide bonds. The van der Waals surface area contributed by atoms with Crippen LogP contribution < -0.4 is 0 Å². The fourth-order valence-electron chi connectivity index (χ4n) is 4.29. The van der Waals surface area contributed by atoms with Crippen molar-refractivity contribution < 1.29 is 18.3 Å². The van der Waals surface area contributed by atoms with Crippen LogP contribution in [0.2, 0.25) is 0 Å². The maximum absolute atomic E-state index is 13.3. The molecule has 1 aliphatic heterocycles. The second-order valence-corrected chi connectivity index (χ2v) is 8.96. The Morgan fingerprint density at radius 3 is 2.85 bits per heavy atom. The van der Waals surface area contributed by atoms with Crippen molar-refractivity contribution >= 4 is 16.0 Å². The van der Waals surface area contributed by atoms with Gasteiger partial charge in [-0.15, -0.1) is 0 Å². The van der Waals surface area contributed by atoms with Crippen LogP contribution in [0.5, 0.6) is 0 Å². The number of hydrogen-bond acceptors (Lipinski definition) is 5. The largest absolute Gasteiger partial charge is 0.481 e. The second kappa shape index (κ2) is 6.17. The summed E-state index contributed by atoms with van der Waals surface area (Å²) < 4.78 is 29.4. The van der Waals surface area contributed by atoms with Gasteiger partial charge in [-0.2, -0.15) is 9.40 Å². The van der Waals surface area contributed by atoms with E-state index in [0.29, 0.717) is 12.0 Å². The molecule has 1 N–H and O–H groups in total. The SMILES string of the molecule is O=C(O)[C@@]12CCC[C@H]1CN(S(=O)(=O)c1ccccc1Cn1cncn1)C2. The van der Waals surface area contributed by atoms with Crippen LogP contribution in [0, 0.1) is 11.3 Å². The molecule has 9 heteroatoms. The van der Waals surface area contributed by atoms with Crippen molar-refractivity contribution in [1.82, 2.24) is 19.1 Å². The lowest BCUT2D eigenvalue weighted by atomic mass is 9.81. The first-order valence-electron chi connectivity index (χ1n) is 8.57. The fraction of sp³-hybridized carbons (Fsp3) is 0.471. The Bertz CT molecular complexity index is 928. The van der Waals surface area contributed by atoms with Crippen LogP contribution in [-0.4, -0.2) is 51.7 Å². The normalized spacial score (nSPS) is 26.1. The Labute approximate surface area is 151 Å². The van der Waals surface area contributed by atoms with Gasteiger partial charge in [-0.3, -0.25) is 4.79 Å². The van der Waals surface area contributed by atoms with Gasteiger partial charge in [0.25, 0.3) is 0 Å². The average Bonchev–Trinajstić information content (AvgIpc) is 3.30. The molecular formula is C17H20N4O4S. The number of carboxylic acids is 1. The summed E-state index contributed by atoms with van der Waals surface area (Å²) in [6, 6.07) is 6.78. The van der Waals surface area contributed by atoms with Gasteiger partial charge >= 0.3 is 5.97 Å². The first kappa shape index (κ1) is 17.2. The molecule has 2 aromatic rings. The molecule has 2 fully saturated rings. The molecule has 1 saturated carbocycles. The number of benzene rings is 1. The number of carboxylic acid groups (broad SMARTS) is 1. The standard InChI is InChI=1S/C17H20N4O4S/c22-16(23)17-7-3-5-14(17)9-21(10-17)26(24,25)15-6-2-1-4-13(15)8-20-12-18-11-19-20/h1-2,4,6,11-12,14H,3,5,7-10H2,(H,22,23)/t14-,17+/m0/s1. The minimum atomic E-state index is -3.78. The third-order valence-corrected chi connectivity index (χ3v) is 7.57. The summed E-state index contributed by atoms with van der Waals surface area (Å²) in [7, 11) is -3.78. The van der Waals surface area contributed by atoms with Crippen LogP contribution in [0.3, 0.4) is 0 Å². The van der Waals surface area contributed by atoms with E-state index in [2.05, 4.69) is 10.1 Å². The van der Waals surface area contributed by atoms with Crippen LogP contribution in [0.4, 0.5) is 0 Å². The predicted molar refractivity (Wildman–Crippen MR) is 91.7 cm³/mol. The quantitative estimate of drug-likeness (QED) is 0.841. The van der Waals surface area contributed by atoms with E-state index in [0.717, 1.165) is 12.8 Å². The zero-order valence-electron chi connectivity index (χ0n) is 14.2. The van der Waals surface area contributed by atoms with E-state index in [-0.39, 0.29) is 30.4 Å². The van der Waals surface area contributed by atoms with Gasteiger partial charge in [-0.05, 0) is 30.4 Å². The summed E-state index contributed by atoms with van der Waals surface area (Å²) in [6.07, 6.45) is 5.07. The van der Waals surface area contributed by atoms with Crippen molar-refractivity contribution in [1.29, 1.82) is 0 Å². The van der Waals surface area contributed by atoms with E-state index in [1.165, 1.54) is 17.0 Å². The van der Waals surface area contributed by atoms with Crippen molar-refractivity contribution in [2.45, 2.75) is 30.7 Å². The maximum atomic E-state index is 13.3. The van der Waals surface area contributed by atoms with Crippen LogP contribution in [0.25, 0.3) is 0 Å². The lowest BCUT2D eigenvalue weighted by Crippen LogP contribution is -2.37. The molecule has 0 bridgehead atoms. The van der Waals surface area contributed by atoms with Crippen LogP contribution >= 0.6 is 0 Å². The summed E-state index contributed by atoms with van der Waals surface area (Å²) >= 11 is 0.